The molecule has 0 aromatic heterocycles. The van der Waals surface area contributed by atoms with Gasteiger partial charge in [0.25, 0.3) is 0 Å². The minimum Gasteiger partial charge on any atom is -0.457 e. The van der Waals surface area contributed by atoms with Crippen LogP contribution in [0.5, 0.6) is 0 Å². The quantitative estimate of drug-likeness (QED) is 0.487. The van der Waals surface area contributed by atoms with Gasteiger partial charge in [0, 0.05) is 16.7 Å². The van der Waals surface area contributed by atoms with Crippen molar-refractivity contribution in [3.63, 3.8) is 0 Å². The van der Waals surface area contributed by atoms with Crippen LogP contribution < -0.4 is 0 Å². The number of fused-ring (bicyclic) bond motifs is 5. The van der Waals surface area contributed by atoms with Gasteiger partial charge in [-0.1, -0.05) is 80.1 Å². The second kappa shape index (κ2) is 10.2. The Morgan fingerprint density at radius 3 is 2.44 bits per heavy atom. The highest BCUT2D eigenvalue weighted by atomic mass is 16.5. The Balaban J connectivity index is 1.12. The van der Waals surface area contributed by atoms with Crippen molar-refractivity contribution in [1.82, 2.24) is 0 Å². The Morgan fingerprint density at radius 1 is 1.00 bits per heavy atom. The number of rotatable bonds is 6. The van der Waals surface area contributed by atoms with Gasteiger partial charge in [-0.05, 0) is 72.8 Å². The third-order valence-corrected chi connectivity index (χ3v) is 10.9. The molecule has 0 heterocycles. The molecule has 0 saturated heterocycles. The molecule has 3 saturated carbocycles. The molecule has 2 aromatic carbocycles. The molecule has 4 aliphatic rings. The first-order valence-corrected chi connectivity index (χ1v) is 14.7. The smallest absolute Gasteiger partial charge is 0.310 e. The molecule has 6 heteroatoms. The van der Waals surface area contributed by atoms with Gasteiger partial charge in [-0.15, -0.1) is 0 Å². The maximum absolute atomic E-state index is 13.5. The van der Waals surface area contributed by atoms with Crippen LogP contribution in [0.2, 0.25) is 0 Å². The van der Waals surface area contributed by atoms with Crippen molar-refractivity contribution in [2.45, 2.75) is 64.1 Å². The molecule has 5 unspecified atom stereocenters. The maximum Gasteiger partial charge on any atom is 0.310 e. The average molecular weight is 555 g/mol. The Kier molecular flexibility index (Phi) is 6.90. The molecule has 4 aliphatic carbocycles. The molecule has 0 spiro atoms. The van der Waals surface area contributed by atoms with Crippen LogP contribution in [0, 0.1) is 28.6 Å². The van der Waals surface area contributed by atoms with Gasteiger partial charge in [-0.2, -0.15) is 0 Å². The van der Waals surface area contributed by atoms with Crippen LogP contribution in [0.4, 0.5) is 0 Å². The summed E-state index contributed by atoms with van der Waals surface area (Å²) in [6, 6.07) is 17.6. The molecule has 214 valence electrons. The number of aliphatic hydroxyl groups is 2. The fourth-order valence-electron chi connectivity index (χ4n) is 8.72. The molecule has 6 nitrogen and oxygen atoms in total. The van der Waals surface area contributed by atoms with Crippen molar-refractivity contribution >= 4 is 17.5 Å². The predicted molar refractivity (Wildman–Crippen MR) is 155 cm³/mol. The molecular formula is C35H38O6. The molecule has 0 aliphatic heterocycles. The van der Waals surface area contributed by atoms with Crippen molar-refractivity contribution in [1.29, 1.82) is 0 Å². The molecule has 6 rings (SSSR count). The largest absolute Gasteiger partial charge is 0.457 e. The number of aliphatic hydroxyl groups excluding tert-OH is 1. The number of ketones is 2. The molecule has 0 bridgehead atoms. The van der Waals surface area contributed by atoms with Crippen LogP contribution >= 0.6 is 0 Å². The van der Waals surface area contributed by atoms with E-state index in [2.05, 4.69) is 6.92 Å². The standard InChI is InChI=1S/C35H38O6/c1-33-16-14-26(36)19-25(33)12-13-27-28-15-17-35(40,34(28,2)20-29(37)32(27)33)30(38)21-41-31(39)18-22-8-10-24(11-9-22)23-6-4-3-5-7-23/h3-11,14,16,19,27-29,32,37,40H,12-13,15,17-18,20-21H2,1-2H3/t27?,28?,29-,32?,33?,34?,35-/m0/s1. The number of Topliss-reactive ketones (excluding diaryl/α,β-unsaturated/α-hetero) is 1. The number of carbonyl (C=O) groups excluding carboxylic acids is 3. The molecule has 0 radical (unpaired) electrons. The summed E-state index contributed by atoms with van der Waals surface area (Å²) in [4.78, 5) is 38.2. The highest BCUT2D eigenvalue weighted by Gasteiger charge is 2.68. The fourth-order valence-corrected chi connectivity index (χ4v) is 8.72. The minimum absolute atomic E-state index is 0.00866. The van der Waals surface area contributed by atoms with Crippen LogP contribution in [-0.4, -0.2) is 46.1 Å². The maximum atomic E-state index is 13.5. The van der Waals surface area contributed by atoms with E-state index in [1.165, 1.54) is 0 Å². The summed E-state index contributed by atoms with van der Waals surface area (Å²) in [5, 5.41) is 23.4. The lowest BCUT2D eigenvalue weighted by atomic mass is 9.46. The molecular weight excluding hydrogens is 516 g/mol. The zero-order chi connectivity index (χ0) is 29.0. The lowest BCUT2D eigenvalue weighted by Gasteiger charge is -2.59. The van der Waals surface area contributed by atoms with E-state index < -0.39 is 40.9 Å². The average Bonchev–Trinajstić information content (AvgIpc) is 3.23. The summed E-state index contributed by atoms with van der Waals surface area (Å²) in [6.45, 7) is 3.54. The van der Waals surface area contributed by atoms with Crippen molar-refractivity contribution in [3.05, 3.63) is 84.0 Å². The number of esters is 1. The van der Waals surface area contributed by atoms with Gasteiger partial charge in [-0.25, -0.2) is 0 Å². The van der Waals surface area contributed by atoms with Crippen LogP contribution in [-0.2, 0) is 25.5 Å². The number of carbonyl (C=O) groups is 3. The Hall–Kier alpha value is -3.35. The van der Waals surface area contributed by atoms with E-state index in [4.69, 9.17) is 4.74 Å². The summed E-state index contributed by atoms with van der Waals surface area (Å²) < 4.78 is 5.40. The van der Waals surface area contributed by atoms with Crippen molar-refractivity contribution < 1.29 is 29.3 Å². The van der Waals surface area contributed by atoms with Gasteiger partial charge in [0.05, 0.1) is 12.5 Å². The van der Waals surface area contributed by atoms with Crippen molar-refractivity contribution in [2.24, 2.45) is 28.6 Å². The predicted octanol–water partition coefficient (Wildman–Crippen LogP) is 5.02. The highest BCUT2D eigenvalue weighted by molar-refractivity contribution is 6.01. The van der Waals surface area contributed by atoms with Crippen LogP contribution in [0.25, 0.3) is 11.1 Å². The number of allylic oxidation sites excluding steroid dienone is 4. The lowest BCUT2D eigenvalue weighted by molar-refractivity contribution is -0.181. The van der Waals surface area contributed by atoms with Gasteiger partial charge in [0.2, 0.25) is 5.78 Å². The van der Waals surface area contributed by atoms with Gasteiger partial charge < -0.3 is 14.9 Å². The molecule has 2 N–H and O–H groups in total. The molecule has 3 fully saturated rings. The lowest BCUT2D eigenvalue weighted by Crippen LogP contribution is -2.61. The monoisotopic (exact) mass is 554 g/mol. The van der Waals surface area contributed by atoms with Crippen LogP contribution in [0.1, 0.15) is 51.5 Å². The van der Waals surface area contributed by atoms with Crippen molar-refractivity contribution in [2.75, 3.05) is 6.61 Å². The third kappa shape index (κ3) is 4.52. The topological polar surface area (TPSA) is 101 Å². The van der Waals surface area contributed by atoms with Crippen LogP contribution in [0.3, 0.4) is 0 Å². The van der Waals surface area contributed by atoms with Crippen LogP contribution in [0.15, 0.2) is 78.4 Å². The van der Waals surface area contributed by atoms with E-state index in [0.717, 1.165) is 35.1 Å². The first kappa shape index (κ1) is 27.8. The first-order valence-electron chi connectivity index (χ1n) is 14.7. The number of hydrogen-bond acceptors (Lipinski definition) is 6. The highest BCUT2D eigenvalue weighted by Crippen LogP contribution is 2.67. The third-order valence-electron chi connectivity index (χ3n) is 10.9. The van der Waals surface area contributed by atoms with Gasteiger partial charge in [-0.3, -0.25) is 14.4 Å². The fraction of sp³-hybridized carbons (Fsp3) is 0.457. The van der Waals surface area contributed by atoms with E-state index in [0.29, 0.717) is 6.42 Å². The van der Waals surface area contributed by atoms with E-state index >= 15 is 0 Å². The first-order chi connectivity index (χ1) is 19.5. The van der Waals surface area contributed by atoms with Crippen molar-refractivity contribution in [3.8, 4) is 11.1 Å². The van der Waals surface area contributed by atoms with Gasteiger partial charge in [0.1, 0.15) is 5.60 Å². The molecule has 2 aromatic rings. The second-order valence-corrected chi connectivity index (χ2v) is 12.9. The Labute approximate surface area is 241 Å². The summed E-state index contributed by atoms with van der Waals surface area (Å²) in [5.74, 6) is -0.929. The number of ether oxygens (including phenoxy) is 1. The summed E-state index contributed by atoms with van der Waals surface area (Å²) >= 11 is 0. The Bertz CT molecular complexity index is 1420. The molecule has 0 amide bonds. The molecule has 7 atom stereocenters. The van der Waals surface area contributed by atoms with Gasteiger partial charge >= 0.3 is 5.97 Å². The number of benzene rings is 2. The van der Waals surface area contributed by atoms with E-state index in [1.807, 2.05) is 67.6 Å². The van der Waals surface area contributed by atoms with Gasteiger partial charge in [0.15, 0.2) is 12.4 Å². The zero-order valence-corrected chi connectivity index (χ0v) is 23.7. The number of hydrogen-bond donors (Lipinski definition) is 2. The molecule has 41 heavy (non-hydrogen) atoms. The van der Waals surface area contributed by atoms with E-state index in [-0.39, 0.29) is 42.8 Å². The minimum atomic E-state index is -1.67. The normalized spacial score (nSPS) is 35.6. The van der Waals surface area contributed by atoms with E-state index in [1.54, 1.807) is 12.2 Å². The SMILES string of the molecule is CC12C=CC(=O)C=C1CCC1C2[C@@H](O)CC2(C)C1CC[C@]2(O)C(=O)COC(=O)Cc1ccc(-c2ccccc2)cc1. The summed E-state index contributed by atoms with van der Waals surface area (Å²) in [6.07, 6.45) is 7.41. The zero-order valence-electron chi connectivity index (χ0n) is 23.7. The summed E-state index contributed by atoms with van der Waals surface area (Å²) in [5.41, 5.74) is 1.10. The summed E-state index contributed by atoms with van der Waals surface area (Å²) in [7, 11) is 0. The Morgan fingerprint density at radius 2 is 1.71 bits per heavy atom. The van der Waals surface area contributed by atoms with E-state index in [9.17, 15) is 24.6 Å². The second-order valence-electron chi connectivity index (χ2n) is 12.9.